The molecule has 116 valence electrons. The lowest BCUT2D eigenvalue weighted by Crippen LogP contribution is -2.49. The first-order chi connectivity index (χ1) is 9.61. The van der Waals surface area contributed by atoms with E-state index in [2.05, 4.69) is 11.9 Å². The van der Waals surface area contributed by atoms with Crippen molar-refractivity contribution in [2.24, 2.45) is 17.6 Å². The number of likely N-dealkylation sites (N-methyl/N-ethyl adjacent to an activating group) is 2. The van der Waals surface area contributed by atoms with Crippen LogP contribution in [0.3, 0.4) is 0 Å². The van der Waals surface area contributed by atoms with Crippen molar-refractivity contribution in [2.45, 2.75) is 51.0 Å². The Bertz CT molecular complexity index is 319. The average molecular weight is 281 g/mol. The van der Waals surface area contributed by atoms with E-state index < -0.39 is 0 Å². The van der Waals surface area contributed by atoms with Gasteiger partial charge in [-0.05, 0) is 58.2 Å². The van der Waals surface area contributed by atoms with Gasteiger partial charge in [-0.1, -0.05) is 12.8 Å². The van der Waals surface area contributed by atoms with Gasteiger partial charge in [0.1, 0.15) is 0 Å². The third kappa shape index (κ3) is 3.95. The number of nitrogens with two attached hydrogens (primary N) is 1. The molecule has 0 bridgehead atoms. The zero-order chi connectivity index (χ0) is 14.5. The summed E-state index contributed by atoms with van der Waals surface area (Å²) in [5.41, 5.74) is 5.67. The molecule has 0 aromatic heterocycles. The standard InChI is InChI=1S/C16H31N3O/c1-18-10-4-7-15(12-18)19(2)16(20)14-6-3-5-13(11-14)8-9-17/h13-15H,3-12,17H2,1-2H3. The van der Waals surface area contributed by atoms with Crippen LogP contribution < -0.4 is 5.73 Å². The Morgan fingerprint density at radius 3 is 2.80 bits per heavy atom. The maximum atomic E-state index is 12.7. The largest absolute Gasteiger partial charge is 0.341 e. The molecule has 3 unspecified atom stereocenters. The Morgan fingerprint density at radius 1 is 1.30 bits per heavy atom. The van der Waals surface area contributed by atoms with Crippen molar-refractivity contribution in [3.8, 4) is 0 Å². The first-order valence-electron chi connectivity index (χ1n) is 8.27. The van der Waals surface area contributed by atoms with Crippen LogP contribution >= 0.6 is 0 Å². The molecule has 2 N–H and O–H groups in total. The van der Waals surface area contributed by atoms with E-state index in [9.17, 15) is 4.79 Å². The number of carbonyl (C=O) groups excluding carboxylic acids is 1. The van der Waals surface area contributed by atoms with Crippen LogP contribution in [-0.2, 0) is 4.79 Å². The van der Waals surface area contributed by atoms with E-state index >= 15 is 0 Å². The minimum Gasteiger partial charge on any atom is -0.341 e. The van der Waals surface area contributed by atoms with Gasteiger partial charge in [0.15, 0.2) is 0 Å². The fourth-order valence-electron chi connectivity index (χ4n) is 3.94. The van der Waals surface area contributed by atoms with E-state index in [1.54, 1.807) is 0 Å². The third-order valence-corrected chi connectivity index (χ3v) is 5.20. The molecule has 20 heavy (non-hydrogen) atoms. The molecule has 1 heterocycles. The molecule has 1 amide bonds. The molecule has 2 rings (SSSR count). The van der Waals surface area contributed by atoms with E-state index in [0.29, 0.717) is 17.9 Å². The van der Waals surface area contributed by atoms with Gasteiger partial charge in [-0.3, -0.25) is 4.79 Å². The van der Waals surface area contributed by atoms with Crippen molar-refractivity contribution in [3.05, 3.63) is 0 Å². The molecule has 0 aromatic carbocycles. The van der Waals surface area contributed by atoms with Crippen molar-refractivity contribution in [2.75, 3.05) is 33.7 Å². The lowest BCUT2D eigenvalue weighted by molar-refractivity contribution is -0.138. The highest BCUT2D eigenvalue weighted by Crippen LogP contribution is 2.32. The lowest BCUT2D eigenvalue weighted by atomic mass is 9.79. The number of hydrogen-bond donors (Lipinski definition) is 1. The molecule has 0 radical (unpaired) electrons. The minimum atomic E-state index is 0.248. The molecular weight excluding hydrogens is 250 g/mol. The maximum Gasteiger partial charge on any atom is 0.225 e. The van der Waals surface area contributed by atoms with E-state index in [1.807, 2.05) is 11.9 Å². The number of rotatable bonds is 4. The summed E-state index contributed by atoms with van der Waals surface area (Å²) in [5, 5.41) is 0. The van der Waals surface area contributed by atoms with Gasteiger partial charge >= 0.3 is 0 Å². The fourth-order valence-corrected chi connectivity index (χ4v) is 3.94. The molecule has 1 aliphatic carbocycles. The Hall–Kier alpha value is -0.610. The first kappa shape index (κ1) is 15.8. The molecule has 3 atom stereocenters. The van der Waals surface area contributed by atoms with Crippen molar-refractivity contribution < 1.29 is 4.79 Å². The summed E-state index contributed by atoms with van der Waals surface area (Å²) < 4.78 is 0. The summed E-state index contributed by atoms with van der Waals surface area (Å²) >= 11 is 0. The normalized spacial score (nSPS) is 32.0. The maximum absolute atomic E-state index is 12.7. The van der Waals surface area contributed by atoms with Crippen molar-refractivity contribution in [1.82, 2.24) is 9.80 Å². The summed E-state index contributed by atoms with van der Waals surface area (Å²) in [5.74, 6) is 1.30. The van der Waals surface area contributed by atoms with E-state index in [0.717, 1.165) is 38.8 Å². The zero-order valence-electron chi connectivity index (χ0n) is 13.2. The van der Waals surface area contributed by atoms with Crippen LogP contribution in [0.1, 0.15) is 44.9 Å². The molecule has 2 aliphatic rings. The predicted molar refractivity (Wildman–Crippen MR) is 82.4 cm³/mol. The van der Waals surface area contributed by atoms with Crippen LogP contribution in [-0.4, -0.2) is 55.5 Å². The van der Waals surface area contributed by atoms with Gasteiger partial charge in [0, 0.05) is 25.6 Å². The van der Waals surface area contributed by atoms with Crippen LogP contribution in [0, 0.1) is 11.8 Å². The number of nitrogens with zero attached hydrogens (tertiary/aromatic N) is 2. The summed E-state index contributed by atoms with van der Waals surface area (Å²) in [7, 11) is 4.17. The summed E-state index contributed by atoms with van der Waals surface area (Å²) in [6, 6.07) is 0.413. The van der Waals surface area contributed by atoms with Crippen LogP contribution in [0.2, 0.25) is 0 Å². The second kappa shape index (κ2) is 7.41. The van der Waals surface area contributed by atoms with Crippen molar-refractivity contribution in [3.63, 3.8) is 0 Å². The smallest absolute Gasteiger partial charge is 0.225 e. The van der Waals surface area contributed by atoms with Crippen LogP contribution in [0.15, 0.2) is 0 Å². The topological polar surface area (TPSA) is 49.6 Å². The lowest BCUT2D eigenvalue weighted by Gasteiger charge is -2.38. The fraction of sp³-hybridized carbons (Fsp3) is 0.938. The first-order valence-corrected chi connectivity index (χ1v) is 8.27. The molecule has 1 saturated carbocycles. The van der Waals surface area contributed by atoms with Crippen molar-refractivity contribution >= 4 is 5.91 Å². The van der Waals surface area contributed by atoms with Gasteiger partial charge in [-0.15, -0.1) is 0 Å². The highest BCUT2D eigenvalue weighted by Gasteiger charge is 2.32. The van der Waals surface area contributed by atoms with E-state index in [1.165, 1.54) is 25.8 Å². The van der Waals surface area contributed by atoms with Crippen LogP contribution in [0.5, 0.6) is 0 Å². The second-order valence-corrected chi connectivity index (χ2v) is 6.81. The average Bonchev–Trinajstić information content (AvgIpc) is 2.46. The van der Waals surface area contributed by atoms with Crippen LogP contribution in [0.4, 0.5) is 0 Å². The number of hydrogen-bond acceptors (Lipinski definition) is 3. The van der Waals surface area contributed by atoms with E-state index in [4.69, 9.17) is 5.73 Å². The second-order valence-electron chi connectivity index (χ2n) is 6.81. The number of amides is 1. The highest BCUT2D eigenvalue weighted by molar-refractivity contribution is 5.79. The molecule has 4 nitrogen and oxygen atoms in total. The number of carbonyl (C=O) groups is 1. The monoisotopic (exact) mass is 281 g/mol. The van der Waals surface area contributed by atoms with Gasteiger partial charge in [0.25, 0.3) is 0 Å². The Kier molecular flexibility index (Phi) is 5.85. The zero-order valence-corrected chi connectivity index (χ0v) is 13.2. The van der Waals surface area contributed by atoms with Gasteiger partial charge in [-0.2, -0.15) is 0 Å². The van der Waals surface area contributed by atoms with E-state index in [-0.39, 0.29) is 5.92 Å². The SMILES string of the molecule is CN1CCCC(N(C)C(=O)C2CCCC(CCN)C2)C1. The molecular formula is C16H31N3O. The predicted octanol–water partition coefficient (Wildman–Crippen LogP) is 1.69. The summed E-state index contributed by atoms with van der Waals surface area (Å²) in [6.07, 6.45) is 8.04. The van der Waals surface area contributed by atoms with Crippen molar-refractivity contribution in [1.29, 1.82) is 0 Å². The summed E-state index contributed by atoms with van der Waals surface area (Å²) in [6.45, 7) is 2.95. The molecule has 4 heteroatoms. The third-order valence-electron chi connectivity index (χ3n) is 5.20. The summed E-state index contributed by atoms with van der Waals surface area (Å²) in [4.78, 5) is 17.1. The molecule has 0 aromatic rings. The van der Waals surface area contributed by atoms with Gasteiger partial charge in [0.05, 0.1) is 0 Å². The number of likely N-dealkylation sites (tertiary alicyclic amines) is 1. The van der Waals surface area contributed by atoms with Gasteiger partial charge < -0.3 is 15.5 Å². The number of piperidine rings is 1. The molecule has 1 saturated heterocycles. The minimum absolute atomic E-state index is 0.248. The highest BCUT2D eigenvalue weighted by atomic mass is 16.2. The molecule has 0 spiro atoms. The molecule has 2 fully saturated rings. The van der Waals surface area contributed by atoms with Crippen LogP contribution in [0.25, 0.3) is 0 Å². The Morgan fingerprint density at radius 2 is 2.10 bits per heavy atom. The Labute approximate surface area is 123 Å². The van der Waals surface area contributed by atoms with Gasteiger partial charge in [-0.25, -0.2) is 0 Å². The Balaban J connectivity index is 1.88. The molecule has 1 aliphatic heterocycles. The quantitative estimate of drug-likeness (QED) is 0.853. The van der Waals surface area contributed by atoms with Gasteiger partial charge in [0.2, 0.25) is 5.91 Å².